The smallest absolute Gasteiger partial charge is 0.160 e. The van der Waals surface area contributed by atoms with Crippen molar-refractivity contribution in [3.8, 4) is 11.5 Å². The summed E-state index contributed by atoms with van der Waals surface area (Å²) < 4.78 is 12.7. The zero-order valence-corrected chi connectivity index (χ0v) is 13.3. The number of nitrogens with zero attached hydrogens (tertiary/aromatic N) is 2. The second-order valence-electron chi connectivity index (χ2n) is 5.27. The van der Waals surface area contributed by atoms with Crippen molar-refractivity contribution in [1.29, 1.82) is 0 Å². The van der Waals surface area contributed by atoms with Crippen molar-refractivity contribution in [3.63, 3.8) is 0 Å². The third kappa shape index (κ3) is 3.00. The number of benzene rings is 2. The molecule has 1 heterocycles. The van der Waals surface area contributed by atoms with Gasteiger partial charge < -0.3 is 19.1 Å². The van der Waals surface area contributed by atoms with E-state index in [1.165, 1.54) is 0 Å². The number of para-hydroxylation sites is 2. The van der Waals surface area contributed by atoms with E-state index >= 15 is 0 Å². The largest absolute Gasteiger partial charge is 0.493 e. The molecule has 0 fully saturated rings. The minimum absolute atomic E-state index is 0.0688. The summed E-state index contributed by atoms with van der Waals surface area (Å²) in [7, 11) is 3.26. The van der Waals surface area contributed by atoms with E-state index in [1.807, 2.05) is 42.5 Å². The van der Waals surface area contributed by atoms with Gasteiger partial charge in [0.25, 0.3) is 0 Å². The number of aromatic nitrogens is 2. The Hall–Kier alpha value is -2.53. The van der Waals surface area contributed by atoms with Crippen LogP contribution in [-0.2, 0) is 19.6 Å². The Morgan fingerprint density at radius 1 is 1.04 bits per heavy atom. The zero-order valence-electron chi connectivity index (χ0n) is 13.3. The predicted molar refractivity (Wildman–Crippen MR) is 88.9 cm³/mol. The molecule has 0 saturated heterocycles. The molecule has 23 heavy (non-hydrogen) atoms. The first kappa shape index (κ1) is 15.4. The molecule has 0 aliphatic rings. The first-order valence-electron chi connectivity index (χ1n) is 7.52. The summed E-state index contributed by atoms with van der Waals surface area (Å²) in [4.78, 5) is 4.47. The normalized spacial score (nSPS) is 10.9. The summed E-state index contributed by atoms with van der Waals surface area (Å²) in [6.07, 6.45) is 0.813. The Kier molecular flexibility index (Phi) is 4.48. The van der Waals surface area contributed by atoms with Crippen molar-refractivity contribution < 1.29 is 14.6 Å². The molecule has 0 saturated carbocycles. The summed E-state index contributed by atoms with van der Waals surface area (Å²) in [6, 6.07) is 13.8. The molecule has 2 aromatic carbocycles. The molecule has 0 aliphatic carbocycles. The minimum atomic E-state index is -0.0688. The number of imidazole rings is 1. The first-order valence-corrected chi connectivity index (χ1v) is 7.52. The Labute approximate surface area is 135 Å². The van der Waals surface area contributed by atoms with Gasteiger partial charge in [-0.2, -0.15) is 0 Å². The molecule has 0 atom stereocenters. The maximum Gasteiger partial charge on any atom is 0.160 e. The Morgan fingerprint density at radius 3 is 2.57 bits per heavy atom. The Balaban J connectivity index is 1.86. The molecule has 0 spiro atoms. The molecule has 5 heteroatoms. The van der Waals surface area contributed by atoms with Crippen molar-refractivity contribution in [3.05, 3.63) is 53.9 Å². The molecular formula is C18H20N2O3. The standard InChI is InChI=1S/C18H20N2O3/c1-22-16-8-7-13(11-17(16)23-2)9-10-20-15-6-4-3-5-14(15)19-18(20)12-21/h3-8,11,21H,9-10,12H2,1-2H3. The highest BCUT2D eigenvalue weighted by molar-refractivity contribution is 5.75. The molecule has 1 aromatic heterocycles. The number of hydrogen-bond donors (Lipinski definition) is 1. The maximum atomic E-state index is 9.55. The van der Waals surface area contributed by atoms with Crippen LogP contribution in [0.5, 0.6) is 11.5 Å². The van der Waals surface area contributed by atoms with Crippen LogP contribution in [0.15, 0.2) is 42.5 Å². The lowest BCUT2D eigenvalue weighted by Gasteiger charge is -2.11. The Bertz CT molecular complexity index is 811. The highest BCUT2D eigenvalue weighted by Gasteiger charge is 2.10. The van der Waals surface area contributed by atoms with Crippen molar-refractivity contribution >= 4 is 11.0 Å². The van der Waals surface area contributed by atoms with Gasteiger partial charge >= 0.3 is 0 Å². The number of hydrogen-bond acceptors (Lipinski definition) is 4. The first-order chi connectivity index (χ1) is 11.3. The fraction of sp³-hybridized carbons (Fsp3) is 0.278. The van der Waals surface area contributed by atoms with Crippen LogP contribution in [0, 0.1) is 0 Å². The molecule has 1 N–H and O–H groups in total. The molecule has 0 radical (unpaired) electrons. The van der Waals surface area contributed by atoms with E-state index < -0.39 is 0 Å². The summed E-state index contributed by atoms with van der Waals surface area (Å²) in [5, 5.41) is 9.55. The number of ether oxygens (including phenoxy) is 2. The van der Waals surface area contributed by atoms with Crippen LogP contribution in [0.3, 0.4) is 0 Å². The molecule has 120 valence electrons. The van der Waals surface area contributed by atoms with Crippen LogP contribution >= 0.6 is 0 Å². The second kappa shape index (κ2) is 6.71. The summed E-state index contributed by atoms with van der Waals surface area (Å²) in [5.41, 5.74) is 3.09. The van der Waals surface area contributed by atoms with E-state index in [9.17, 15) is 5.11 Å². The van der Waals surface area contributed by atoms with Crippen LogP contribution in [0.25, 0.3) is 11.0 Å². The van der Waals surface area contributed by atoms with Gasteiger partial charge in [-0.15, -0.1) is 0 Å². The van der Waals surface area contributed by atoms with E-state index in [2.05, 4.69) is 9.55 Å². The van der Waals surface area contributed by atoms with Gasteiger partial charge in [0.05, 0.1) is 25.3 Å². The SMILES string of the molecule is COc1ccc(CCn2c(CO)nc3ccccc32)cc1OC. The highest BCUT2D eigenvalue weighted by Crippen LogP contribution is 2.28. The molecule has 3 aromatic rings. The predicted octanol–water partition coefficient (Wildman–Crippen LogP) is 2.79. The van der Waals surface area contributed by atoms with Crippen molar-refractivity contribution in [1.82, 2.24) is 9.55 Å². The number of aliphatic hydroxyl groups excluding tert-OH is 1. The summed E-state index contributed by atoms with van der Waals surface area (Å²) >= 11 is 0. The lowest BCUT2D eigenvalue weighted by molar-refractivity contribution is 0.266. The number of aliphatic hydroxyl groups is 1. The lowest BCUT2D eigenvalue weighted by atomic mass is 10.1. The monoisotopic (exact) mass is 312 g/mol. The molecule has 0 unspecified atom stereocenters. The van der Waals surface area contributed by atoms with E-state index in [0.29, 0.717) is 5.82 Å². The lowest BCUT2D eigenvalue weighted by Crippen LogP contribution is -2.06. The molecule has 5 nitrogen and oxygen atoms in total. The van der Waals surface area contributed by atoms with E-state index in [4.69, 9.17) is 9.47 Å². The van der Waals surface area contributed by atoms with Crippen LogP contribution in [0.2, 0.25) is 0 Å². The molecule has 3 rings (SSSR count). The van der Waals surface area contributed by atoms with Gasteiger partial charge in [0.2, 0.25) is 0 Å². The number of aryl methyl sites for hydroxylation is 2. The van der Waals surface area contributed by atoms with E-state index in [1.54, 1.807) is 14.2 Å². The average molecular weight is 312 g/mol. The fourth-order valence-corrected chi connectivity index (χ4v) is 2.77. The fourth-order valence-electron chi connectivity index (χ4n) is 2.77. The number of fused-ring (bicyclic) bond motifs is 1. The van der Waals surface area contributed by atoms with Crippen LogP contribution in [0.4, 0.5) is 0 Å². The zero-order chi connectivity index (χ0) is 16.2. The van der Waals surface area contributed by atoms with Gasteiger partial charge in [0.1, 0.15) is 12.4 Å². The molecule has 0 bridgehead atoms. The van der Waals surface area contributed by atoms with Crippen molar-refractivity contribution in [2.24, 2.45) is 0 Å². The van der Waals surface area contributed by atoms with Gasteiger partial charge in [-0.1, -0.05) is 18.2 Å². The van der Waals surface area contributed by atoms with E-state index in [-0.39, 0.29) is 6.61 Å². The van der Waals surface area contributed by atoms with Gasteiger partial charge in [0.15, 0.2) is 11.5 Å². The molecule has 0 amide bonds. The van der Waals surface area contributed by atoms with Crippen LogP contribution in [0.1, 0.15) is 11.4 Å². The summed E-state index contributed by atoms with van der Waals surface area (Å²) in [5.74, 6) is 2.13. The number of methoxy groups -OCH3 is 2. The topological polar surface area (TPSA) is 56.5 Å². The van der Waals surface area contributed by atoms with Crippen molar-refractivity contribution in [2.75, 3.05) is 14.2 Å². The van der Waals surface area contributed by atoms with Gasteiger partial charge in [-0.05, 0) is 36.2 Å². The summed E-state index contributed by atoms with van der Waals surface area (Å²) in [6.45, 7) is 0.673. The maximum absolute atomic E-state index is 9.55. The van der Waals surface area contributed by atoms with Crippen LogP contribution < -0.4 is 9.47 Å². The quantitative estimate of drug-likeness (QED) is 0.760. The second-order valence-corrected chi connectivity index (χ2v) is 5.27. The number of rotatable bonds is 6. The Morgan fingerprint density at radius 2 is 1.83 bits per heavy atom. The average Bonchev–Trinajstić information content (AvgIpc) is 2.97. The molecular weight excluding hydrogens is 292 g/mol. The van der Waals surface area contributed by atoms with E-state index in [0.717, 1.165) is 41.1 Å². The van der Waals surface area contributed by atoms with Crippen molar-refractivity contribution in [2.45, 2.75) is 19.6 Å². The highest BCUT2D eigenvalue weighted by atomic mass is 16.5. The van der Waals surface area contributed by atoms with Gasteiger partial charge in [-0.3, -0.25) is 0 Å². The van der Waals surface area contributed by atoms with Crippen LogP contribution in [-0.4, -0.2) is 28.9 Å². The third-order valence-corrected chi connectivity index (χ3v) is 3.95. The molecule has 0 aliphatic heterocycles. The van der Waals surface area contributed by atoms with Gasteiger partial charge in [0, 0.05) is 6.54 Å². The minimum Gasteiger partial charge on any atom is -0.493 e. The third-order valence-electron chi connectivity index (χ3n) is 3.95. The van der Waals surface area contributed by atoms with Gasteiger partial charge in [-0.25, -0.2) is 4.98 Å².